The van der Waals surface area contributed by atoms with Crippen LogP contribution in [-0.2, 0) is 11.3 Å². The fourth-order valence-electron chi connectivity index (χ4n) is 1.96. The molecule has 0 aliphatic heterocycles. The first-order valence-corrected chi connectivity index (χ1v) is 6.33. The van der Waals surface area contributed by atoms with Gasteiger partial charge in [0.1, 0.15) is 17.7 Å². The normalized spacial score (nSPS) is 12.1. The van der Waals surface area contributed by atoms with Gasteiger partial charge in [0.05, 0.1) is 6.54 Å². The molecule has 102 valence electrons. The van der Waals surface area contributed by atoms with Gasteiger partial charge in [-0.3, -0.25) is 10.1 Å². The first-order chi connectivity index (χ1) is 8.46. The molecule has 1 aromatic rings. The zero-order valence-corrected chi connectivity index (χ0v) is 11.5. The van der Waals surface area contributed by atoms with Crippen LogP contribution < -0.4 is 5.32 Å². The summed E-state index contributed by atoms with van der Waals surface area (Å²) in [5.41, 5.74) is -0.881. The van der Waals surface area contributed by atoms with Gasteiger partial charge in [-0.25, -0.2) is 9.67 Å². The van der Waals surface area contributed by atoms with Crippen molar-refractivity contribution in [2.24, 2.45) is 0 Å². The Bertz CT molecular complexity index is 397. The lowest BCUT2D eigenvalue weighted by molar-refractivity contribution is -0.145. The maximum absolute atomic E-state index is 11.4. The molecule has 0 atom stereocenters. The van der Waals surface area contributed by atoms with Crippen LogP contribution in [0, 0.1) is 0 Å². The molecular weight excluding hydrogens is 232 g/mol. The van der Waals surface area contributed by atoms with Crippen molar-refractivity contribution in [1.82, 2.24) is 20.1 Å². The van der Waals surface area contributed by atoms with Crippen LogP contribution in [-0.4, -0.2) is 31.4 Å². The van der Waals surface area contributed by atoms with Crippen LogP contribution in [0.1, 0.15) is 52.4 Å². The number of rotatable bonds is 7. The van der Waals surface area contributed by atoms with E-state index in [4.69, 9.17) is 0 Å². The van der Waals surface area contributed by atoms with Crippen molar-refractivity contribution in [3.05, 3.63) is 12.2 Å². The van der Waals surface area contributed by atoms with Crippen molar-refractivity contribution in [3.8, 4) is 0 Å². The summed E-state index contributed by atoms with van der Waals surface area (Å²) in [4.78, 5) is 15.5. The summed E-state index contributed by atoms with van der Waals surface area (Å²) >= 11 is 0. The molecule has 0 spiro atoms. The predicted molar refractivity (Wildman–Crippen MR) is 68.2 cm³/mol. The summed E-state index contributed by atoms with van der Waals surface area (Å²) in [5.74, 6) is -0.0550. The SMILES string of the molecule is CCC(CC)(NCc1ncnn1C(C)C)C(=O)O. The Morgan fingerprint density at radius 1 is 1.50 bits per heavy atom. The number of aliphatic carboxylic acids is 1. The van der Waals surface area contributed by atoms with Gasteiger partial charge in [-0.2, -0.15) is 5.10 Å². The average Bonchev–Trinajstić information content (AvgIpc) is 2.79. The van der Waals surface area contributed by atoms with E-state index in [1.54, 1.807) is 4.68 Å². The highest BCUT2D eigenvalue weighted by atomic mass is 16.4. The van der Waals surface area contributed by atoms with E-state index < -0.39 is 11.5 Å². The number of carbonyl (C=O) groups is 1. The van der Waals surface area contributed by atoms with Gasteiger partial charge in [-0.15, -0.1) is 0 Å². The minimum absolute atomic E-state index is 0.215. The third-order valence-corrected chi connectivity index (χ3v) is 3.34. The zero-order valence-electron chi connectivity index (χ0n) is 11.5. The summed E-state index contributed by atoms with van der Waals surface area (Å²) in [6.07, 6.45) is 2.57. The summed E-state index contributed by atoms with van der Waals surface area (Å²) in [6, 6.07) is 0.215. The fraction of sp³-hybridized carbons (Fsp3) is 0.750. The summed E-state index contributed by atoms with van der Waals surface area (Å²) in [5, 5.41) is 16.6. The number of hydrogen-bond donors (Lipinski definition) is 2. The van der Waals surface area contributed by atoms with E-state index in [2.05, 4.69) is 15.4 Å². The summed E-state index contributed by atoms with van der Waals surface area (Å²) in [6.45, 7) is 8.19. The van der Waals surface area contributed by atoms with Gasteiger partial charge in [0.25, 0.3) is 0 Å². The quantitative estimate of drug-likeness (QED) is 0.772. The third-order valence-electron chi connectivity index (χ3n) is 3.34. The minimum atomic E-state index is -0.881. The van der Waals surface area contributed by atoms with E-state index in [0.29, 0.717) is 19.4 Å². The molecule has 18 heavy (non-hydrogen) atoms. The van der Waals surface area contributed by atoms with Gasteiger partial charge >= 0.3 is 5.97 Å². The van der Waals surface area contributed by atoms with Crippen molar-refractivity contribution in [2.75, 3.05) is 0 Å². The van der Waals surface area contributed by atoms with Crippen molar-refractivity contribution in [1.29, 1.82) is 0 Å². The highest BCUT2D eigenvalue weighted by molar-refractivity contribution is 5.78. The molecule has 0 radical (unpaired) electrons. The molecule has 1 aromatic heterocycles. The highest BCUT2D eigenvalue weighted by Crippen LogP contribution is 2.16. The standard InChI is InChI=1S/C12H22N4O2/c1-5-12(6-2,11(17)18)14-7-10-13-8-15-16(10)9(3)4/h8-9,14H,5-7H2,1-4H3,(H,17,18). The van der Waals surface area contributed by atoms with E-state index in [0.717, 1.165) is 5.82 Å². The first-order valence-electron chi connectivity index (χ1n) is 6.33. The minimum Gasteiger partial charge on any atom is -0.480 e. The lowest BCUT2D eigenvalue weighted by Crippen LogP contribution is -2.51. The molecule has 1 heterocycles. The van der Waals surface area contributed by atoms with E-state index >= 15 is 0 Å². The van der Waals surface area contributed by atoms with Crippen LogP contribution >= 0.6 is 0 Å². The van der Waals surface area contributed by atoms with Crippen LogP contribution in [0.4, 0.5) is 0 Å². The van der Waals surface area contributed by atoms with Crippen molar-refractivity contribution in [3.63, 3.8) is 0 Å². The third kappa shape index (κ3) is 2.87. The second-order valence-corrected chi connectivity index (χ2v) is 4.66. The molecule has 0 amide bonds. The lowest BCUT2D eigenvalue weighted by atomic mass is 9.93. The molecular formula is C12H22N4O2. The molecule has 1 rings (SSSR count). The van der Waals surface area contributed by atoms with Gasteiger partial charge in [-0.05, 0) is 26.7 Å². The topological polar surface area (TPSA) is 80.0 Å². The number of nitrogens with zero attached hydrogens (tertiary/aromatic N) is 3. The molecule has 6 heteroatoms. The molecule has 6 nitrogen and oxygen atoms in total. The van der Waals surface area contributed by atoms with Gasteiger partial charge in [0.15, 0.2) is 0 Å². The summed E-state index contributed by atoms with van der Waals surface area (Å²) < 4.78 is 1.80. The van der Waals surface area contributed by atoms with Crippen LogP contribution in [0.2, 0.25) is 0 Å². The van der Waals surface area contributed by atoms with E-state index in [-0.39, 0.29) is 6.04 Å². The molecule has 0 unspecified atom stereocenters. The van der Waals surface area contributed by atoms with Crippen LogP contribution in [0.3, 0.4) is 0 Å². The average molecular weight is 254 g/mol. The summed E-state index contributed by atoms with van der Waals surface area (Å²) in [7, 11) is 0. The molecule has 0 saturated carbocycles. The number of carboxylic acids is 1. The second-order valence-electron chi connectivity index (χ2n) is 4.66. The zero-order chi connectivity index (χ0) is 13.8. The Morgan fingerprint density at radius 2 is 2.11 bits per heavy atom. The molecule has 0 fully saturated rings. The van der Waals surface area contributed by atoms with E-state index in [1.165, 1.54) is 6.33 Å². The number of nitrogens with one attached hydrogen (secondary N) is 1. The lowest BCUT2D eigenvalue weighted by Gasteiger charge is -2.28. The molecule has 0 aliphatic carbocycles. The molecule has 0 aliphatic rings. The number of carboxylic acid groups (broad SMARTS) is 1. The van der Waals surface area contributed by atoms with Crippen LogP contribution in [0.5, 0.6) is 0 Å². The molecule has 0 saturated heterocycles. The van der Waals surface area contributed by atoms with Crippen molar-refractivity contribution in [2.45, 2.75) is 58.7 Å². The van der Waals surface area contributed by atoms with E-state index in [9.17, 15) is 9.90 Å². The van der Waals surface area contributed by atoms with Gasteiger partial charge in [0, 0.05) is 6.04 Å². The predicted octanol–water partition coefficient (Wildman–Crippen LogP) is 1.59. The monoisotopic (exact) mass is 254 g/mol. The Morgan fingerprint density at radius 3 is 2.56 bits per heavy atom. The fourth-order valence-corrected chi connectivity index (χ4v) is 1.96. The van der Waals surface area contributed by atoms with E-state index in [1.807, 2.05) is 27.7 Å². The second kappa shape index (κ2) is 5.95. The van der Waals surface area contributed by atoms with Crippen molar-refractivity contribution < 1.29 is 9.90 Å². The maximum atomic E-state index is 11.4. The van der Waals surface area contributed by atoms with Crippen LogP contribution in [0.15, 0.2) is 6.33 Å². The Hall–Kier alpha value is -1.43. The number of aromatic nitrogens is 3. The largest absolute Gasteiger partial charge is 0.480 e. The van der Waals surface area contributed by atoms with Gasteiger partial charge in [0.2, 0.25) is 0 Å². The molecule has 0 aromatic carbocycles. The Kier molecular flexibility index (Phi) is 4.84. The van der Waals surface area contributed by atoms with Crippen LogP contribution in [0.25, 0.3) is 0 Å². The molecule has 2 N–H and O–H groups in total. The number of hydrogen-bond acceptors (Lipinski definition) is 4. The Balaban J connectivity index is 2.79. The molecule has 0 bridgehead atoms. The highest BCUT2D eigenvalue weighted by Gasteiger charge is 2.34. The maximum Gasteiger partial charge on any atom is 0.323 e. The first kappa shape index (κ1) is 14.6. The Labute approximate surface area is 107 Å². The van der Waals surface area contributed by atoms with Crippen molar-refractivity contribution >= 4 is 5.97 Å². The smallest absolute Gasteiger partial charge is 0.323 e. The van der Waals surface area contributed by atoms with Gasteiger partial charge in [-0.1, -0.05) is 13.8 Å². The van der Waals surface area contributed by atoms with Gasteiger partial charge < -0.3 is 5.11 Å².